The van der Waals surface area contributed by atoms with E-state index in [1.54, 1.807) is 11.8 Å². The number of fused-ring (bicyclic) bond motifs is 1. The molecule has 7 heteroatoms. The second-order valence-electron chi connectivity index (χ2n) is 4.74. The van der Waals surface area contributed by atoms with Crippen LogP contribution in [-0.4, -0.2) is 28.8 Å². The van der Waals surface area contributed by atoms with E-state index in [4.69, 9.17) is 19.7 Å². The van der Waals surface area contributed by atoms with Gasteiger partial charge in [-0.3, -0.25) is 0 Å². The quantitative estimate of drug-likeness (QED) is 0.907. The molecule has 0 amide bonds. The van der Waals surface area contributed by atoms with Crippen LogP contribution in [0, 0.1) is 0 Å². The van der Waals surface area contributed by atoms with Gasteiger partial charge in [-0.2, -0.15) is 16.7 Å². The summed E-state index contributed by atoms with van der Waals surface area (Å²) in [5, 5.41) is 3.96. The predicted molar refractivity (Wildman–Crippen MR) is 79.5 cm³/mol. The molecule has 0 fully saturated rings. The molecule has 0 radical (unpaired) electrons. The average Bonchev–Trinajstić information content (AvgIpc) is 3.02. The topological polar surface area (TPSA) is 83.4 Å². The van der Waals surface area contributed by atoms with Gasteiger partial charge >= 0.3 is 0 Å². The standard InChI is InChI=1S/C14H17N3O3S/c1-21-7-6-9(15)14-16-13(17-20-14)12-8-18-10-4-2-3-5-11(10)19-12/h2-5,9,12H,6-8,15H2,1H3/t9-,12?/m1/s1. The minimum Gasteiger partial charge on any atom is -0.485 e. The zero-order chi connectivity index (χ0) is 14.7. The molecule has 1 aliphatic rings. The molecule has 0 saturated heterocycles. The second kappa shape index (κ2) is 6.36. The summed E-state index contributed by atoms with van der Waals surface area (Å²) in [5.41, 5.74) is 6.02. The van der Waals surface area contributed by atoms with Gasteiger partial charge < -0.3 is 19.7 Å². The smallest absolute Gasteiger partial charge is 0.243 e. The first-order valence-electron chi connectivity index (χ1n) is 6.74. The van der Waals surface area contributed by atoms with E-state index in [1.807, 2.05) is 30.5 Å². The fourth-order valence-corrected chi connectivity index (χ4v) is 2.53. The Morgan fingerprint density at radius 1 is 1.38 bits per heavy atom. The van der Waals surface area contributed by atoms with Crippen LogP contribution in [0.4, 0.5) is 0 Å². The van der Waals surface area contributed by atoms with E-state index >= 15 is 0 Å². The first kappa shape index (κ1) is 14.2. The Kier molecular flexibility index (Phi) is 4.31. The maximum atomic E-state index is 6.02. The van der Waals surface area contributed by atoms with Crippen LogP contribution in [0.2, 0.25) is 0 Å². The van der Waals surface area contributed by atoms with Crippen LogP contribution in [-0.2, 0) is 0 Å². The highest BCUT2D eigenvalue weighted by atomic mass is 32.2. The van der Waals surface area contributed by atoms with Gasteiger partial charge in [-0.1, -0.05) is 17.3 Å². The lowest BCUT2D eigenvalue weighted by atomic mass is 10.2. The maximum Gasteiger partial charge on any atom is 0.243 e. The largest absolute Gasteiger partial charge is 0.485 e. The first-order chi connectivity index (χ1) is 10.3. The monoisotopic (exact) mass is 307 g/mol. The average molecular weight is 307 g/mol. The maximum absolute atomic E-state index is 6.02. The number of hydrogen-bond donors (Lipinski definition) is 1. The van der Waals surface area contributed by atoms with E-state index in [2.05, 4.69) is 10.1 Å². The zero-order valence-corrected chi connectivity index (χ0v) is 12.5. The summed E-state index contributed by atoms with van der Waals surface area (Å²) in [5.74, 6) is 3.29. The van der Waals surface area contributed by atoms with Gasteiger partial charge in [-0.15, -0.1) is 0 Å². The molecular weight excluding hydrogens is 290 g/mol. The minimum absolute atomic E-state index is 0.240. The van der Waals surface area contributed by atoms with Gasteiger partial charge in [0.25, 0.3) is 0 Å². The number of hydrogen-bond acceptors (Lipinski definition) is 7. The van der Waals surface area contributed by atoms with Gasteiger partial charge in [0.1, 0.15) is 6.61 Å². The summed E-state index contributed by atoms with van der Waals surface area (Å²) < 4.78 is 16.7. The molecule has 2 heterocycles. The van der Waals surface area contributed by atoms with Crippen molar-refractivity contribution in [1.29, 1.82) is 0 Å². The second-order valence-corrected chi connectivity index (χ2v) is 5.73. The summed E-state index contributed by atoms with van der Waals surface area (Å²) >= 11 is 1.74. The fraction of sp³-hybridized carbons (Fsp3) is 0.429. The summed E-state index contributed by atoms with van der Waals surface area (Å²) in [6.07, 6.45) is 2.47. The highest BCUT2D eigenvalue weighted by Gasteiger charge is 2.27. The number of nitrogens with two attached hydrogens (primary N) is 1. The number of ether oxygens (including phenoxy) is 2. The van der Waals surface area contributed by atoms with Crippen molar-refractivity contribution in [2.75, 3.05) is 18.6 Å². The fourth-order valence-electron chi connectivity index (χ4n) is 2.04. The van der Waals surface area contributed by atoms with Crippen LogP contribution in [0.5, 0.6) is 11.5 Å². The van der Waals surface area contributed by atoms with Gasteiger partial charge in [-0.25, -0.2) is 0 Å². The van der Waals surface area contributed by atoms with Gasteiger partial charge in [0, 0.05) is 0 Å². The van der Waals surface area contributed by atoms with Crippen LogP contribution < -0.4 is 15.2 Å². The molecule has 3 rings (SSSR count). The SMILES string of the molecule is CSCC[C@@H](N)c1nc(C2COc3ccccc3O2)no1. The molecule has 2 atom stereocenters. The predicted octanol–water partition coefficient (Wildman–Crippen LogP) is 2.33. The van der Waals surface area contributed by atoms with Gasteiger partial charge in [0.2, 0.25) is 11.7 Å². The minimum atomic E-state index is -0.370. The zero-order valence-electron chi connectivity index (χ0n) is 11.7. The lowest BCUT2D eigenvalue weighted by Gasteiger charge is -2.24. The highest BCUT2D eigenvalue weighted by molar-refractivity contribution is 7.98. The van der Waals surface area contributed by atoms with Crippen molar-refractivity contribution < 1.29 is 14.0 Å². The Hall–Kier alpha value is -1.73. The van der Waals surface area contributed by atoms with Crippen LogP contribution in [0.15, 0.2) is 28.8 Å². The molecule has 2 aromatic rings. The van der Waals surface area contributed by atoms with Crippen molar-refractivity contribution in [1.82, 2.24) is 10.1 Å². The lowest BCUT2D eigenvalue weighted by molar-refractivity contribution is 0.0832. The Morgan fingerprint density at radius 2 is 2.19 bits per heavy atom. The summed E-state index contributed by atoms with van der Waals surface area (Å²) in [4.78, 5) is 4.34. The molecule has 2 N–H and O–H groups in total. The number of thioether (sulfide) groups is 1. The van der Waals surface area contributed by atoms with E-state index in [0.717, 1.165) is 17.9 Å². The third-order valence-corrected chi connectivity index (χ3v) is 3.85. The number of nitrogens with zero attached hydrogens (tertiary/aromatic N) is 2. The van der Waals surface area contributed by atoms with Gasteiger partial charge in [0.15, 0.2) is 17.6 Å². The number of aromatic nitrogens is 2. The Morgan fingerprint density at radius 3 is 3.00 bits per heavy atom. The van der Waals surface area contributed by atoms with E-state index in [1.165, 1.54) is 0 Å². The van der Waals surface area contributed by atoms with Crippen LogP contribution in [0.1, 0.15) is 30.3 Å². The Bertz CT molecular complexity index is 605. The number of benzene rings is 1. The van der Waals surface area contributed by atoms with Crippen LogP contribution in [0.3, 0.4) is 0 Å². The highest BCUT2D eigenvalue weighted by Crippen LogP contribution is 2.35. The molecule has 0 spiro atoms. The molecule has 1 aromatic carbocycles. The first-order valence-corrected chi connectivity index (χ1v) is 8.14. The van der Waals surface area contributed by atoms with Crippen molar-refractivity contribution in [3.8, 4) is 11.5 Å². The molecule has 112 valence electrons. The molecule has 21 heavy (non-hydrogen) atoms. The van der Waals surface area contributed by atoms with E-state index in [-0.39, 0.29) is 12.1 Å². The Labute approximate surface area is 127 Å². The van der Waals surface area contributed by atoms with Crippen LogP contribution in [0.25, 0.3) is 0 Å². The van der Waals surface area contributed by atoms with Crippen molar-refractivity contribution in [2.45, 2.75) is 18.6 Å². The van der Waals surface area contributed by atoms with Crippen LogP contribution >= 0.6 is 11.8 Å². The van der Waals surface area contributed by atoms with E-state index in [9.17, 15) is 0 Å². The third kappa shape index (κ3) is 3.14. The van der Waals surface area contributed by atoms with Gasteiger partial charge in [-0.05, 0) is 30.6 Å². The normalized spacial score (nSPS) is 18.5. The van der Waals surface area contributed by atoms with Crippen molar-refractivity contribution >= 4 is 11.8 Å². The van der Waals surface area contributed by atoms with E-state index in [0.29, 0.717) is 24.1 Å². The van der Waals surface area contributed by atoms with Gasteiger partial charge in [0.05, 0.1) is 6.04 Å². The molecule has 0 aliphatic carbocycles. The lowest BCUT2D eigenvalue weighted by Crippen LogP contribution is -2.22. The molecule has 1 unspecified atom stereocenters. The number of para-hydroxylation sites is 2. The summed E-state index contributed by atoms with van der Waals surface area (Å²) in [7, 11) is 0. The molecule has 0 saturated carbocycles. The van der Waals surface area contributed by atoms with E-state index < -0.39 is 0 Å². The molecular formula is C14H17N3O3S. The Balaban J connectivity index is 1.70. The summed E-state index contributed by atoms with van der Waals surface area (Å²) in [6.45, 7) is 0.357. The van der Waals surface area contributed by atoms with Crippen molar-refractivity contribution in [2.24, 2.45) is 5.73 Å². The molecule has 1 aliphatic heterocycles. The summed E-state index contributed by atoms with van der Waals surface area (Å²) in [6, 6.07) is 7.28. The molecule has 1 aromatic heterocycles. The molecule has 6 nitrogen and oxygen atoms in total. The third-order valence-electron chi connectivity index (χ3n) is 3.20. The molecule has 0 bridgehead atoms. The van der Waals surface area contributed by atoms with Crippen molar-refractivity contribution in [3.63, 3.8) is 0 Å². The number of rotatable bonds is 5. The van der Waals surface area contributed by atoms with Crippen molar-refractivity contribution in [3.05, 3.63) is 36.0 Å².